The topological polar surface area (TPSA) is 38.3 Å². The summed E-state index contributed by atoms with van der Waals surface area (Å²) in [6, 6.07) is 17.1. The highest BCUT2D eigenvalue weighted by molar-refractivity contribution is 6.04. The van der Waals surface area contributed by atoms with Crippen LogP contribution in [0.1, 0.15) is 15.9 Å². The molecule has 0 amide bonds. The Labute approximate surface area is 118 Å². The summed E-state index contributed by atoms with van der Waals surface area (Å²) in [5.74, 6) is 0.709. The van der Waals surface area contributed by atoms with Crippen molar-refractivity contribution in [3.05, 3.63) is 78.0 Å². The van der Waals surface area contributed by atoms with E-state index in [9.17, 15) is 4.79 Å². The molecule has 0 unspecified atom stereocenters. The summed E-state index contributed by atoms with van der Waals surface area (Å²) in [5, 5.41) is 3.10. The van der Waals surface area contributed by atoms with Gasteiger partial charge in [0.25, 0.3) is 0 Å². The molecule has 0 saturated carbocycles. The van der Waals surface area contributed by atoms with E-state index in [1.54, 1.807) is 37.6 Å². The second kappa shape index (κ2) is 7.14. The van der Waals surface area contributed by atoms with Crippen LogP contribution in [0.15, 0.2) is 66.9 Å². The van der Waals surface area contributed by atoms with Crippen LogP contribution < -0.4 is 10.1 Å². The molecule has 20 heavy (non-hydrogen) atoms. The third kappa shape index (κ3) is 3.99. The number of benzene rings is 2. The summed E-state index contributed by atoms with van der Waals surface area (Å²) < 4.78 is 5.05. The maximum atomic E-state index is 11.9. The van der Waals surface area contributed by atoms with Crippen molar-refractivity contribution >= 4 is 5.78 Å². The number of methoxy groups -OCH3 is 1. The molecule has 102 valence electrons. The Morgan fingerprint density at radius 3 is 2.45 bits per heavy atom. The van der Waals surface area contributed by atoms with E-state index >= 15 is 0 Å². The zero-order valence-corrected chi connectivity index (χ0v) is 11.4. The minimum atomic E-state index is -0.0341. The quantitative estimate of drug-likeness (QED) is 0.645. The lowest BCUT2D eigenvalue weighted by Crippen LogP contribution is -2.05. The molecule has 2 aromatic carbocycles. The van der Waals surface area contributed by atoms with Gasteiger partial charge in [0.2, 0.25) is 0 Å². The van der Waals surface area contributed by atoms with Crippen LogP contribution in [-0.2, 0) is 6.54 Å². The molecule has 0 fully saturated rings. The van der Waals surface area contributed by atoms with E-state index in [1.807, 2.05) is 30.3 Å². The molecule has 3 nitrogen and oxygen atoms in total. The van der Waals surface area contributed by atoms with E-state index in [4.69, 9.17) is 4.74 Å². The van der Waals surface area contributed by atoms with Gasteiger partial charge in [-0.2, -0.15) is 0 Å². The first-order valence-electron chi connectivity index (χ1n) is 6.42. The van der Waals surface area contributed by atoms with E-state index in [0.29, 0.717) is 12.1 Å². The molecule has 1 N–H and O–H groups in total. The van der Waals surface area contributed by atoms with Crippen molar-refractivity contribution in [3.63, 3.8) is 0 Å². The standard InChI is InChI=1S/C17H17NO2/c1-20-16-9-7-15(8-10-16)17(19)11-12-18-13-14-5-3-2-4-6-14/h2-12,18H,13H2,1H3/b12-11+. The number of rotatable bonds is 6. The summed E-state index contributed by atoms with van der Waals surface area (Å²) in [4.78, 5) is 11.9. The molecule has 0 aromatic heterocycles. The van der Waals surface area contributed by atoms with Gasteiger partial charge in [0, 0.05) is 24.4 Å². The van der Waals surface area contributed by atoms with E-state index in [0.717, 1.165) is 5.75 Å². The highest BCUT2D eigenvalue weighted by Crippen LogP contribution is 2.11. The van der Waals surface area contributed by atoms with Crippen molar-refractivity contribution in [1.29, 1.82) is 0 Å². The van der Waals surface area contributed by atoms with Gasteiger partial charge >= 0.3 is 0 Å². The van der Waals surface area contributed by atoms with Crippen LogP contribution in [0, 0.1) is 0 Å². The highest BCUT2D eigenvalue weighted by atomic mass is 16.5. The van der Waals surface area contributed by atoms with Gasteiger partial charge in [0.1, 0.15) is 5.75 Å². The summed E-state index contributed by atoms with van der Waals surface area (Å²) in [6.45, 7) is 0.702. The average Bonchev–Trinajstić information content (AvgIpc) is 2.52. The van der Waals surface area contributed by atoms with E-state index in [-0.39, 0.29) is 5.78 Å². The monoisotopic (exact) mass is 267 g/mol. The largest absolute Gasteiger partial charge is 0.497 e. The van der Waals surface area contributed by atoms with Crippen LogP contribution in [0.5, 0.6) is 5.75 Å². The van der Waals surface area contributed by atoms with Crippen molar-refractivity contribution in [3.8, 4) is 5.75 Å². The maximum absolute atomic E-state index is 11.9. The lowest BCUT2D eigenvalue weighted by atomic mass is 10.1. The number of hydrogen-bond donors (Lipinski definition) is 1. The van der Waals surface area contributed by atoms with Crippen molar-refractivity contribution in [2.45, 2.75) is 6.54 Å². The van der Waals surface area contributed by atoms with Gasteiger partial charge in [-0.1, -0.05) is 30.3 Å². The predicted octanol–water partition coefficient (Wildman–Crippen LogP) is 3.18. The van der Waals surface area contributed by atoms with E-state index in [1.165, 1.54) is 11.6 Å². The number of hydrogen-bond acceptors (Lipinski definition) is 3. The summed E-state index contributed by atoms with van der Waals surface area (Å²) >= 11 is 0. The van der Waals surface area contributed by atoms with Gasteiger partial charge in [0.15, 0.2) is 5.78 Å². The molecule has 3 heteroatoms. The Morgan fingerprint density at radius 1 is 1.10 bits per heavy atom. The van der Waals surface area contributed by atoms with Gasteiger partial charge in [0.05, 0.1) is 7.11 Å². The molecule has 0 aliphatic rings. The first-order chi connectivity index (χ1) is 9.79. The minimum absolute atomic E-state index is 0.0341. The number of ketones is 1. The minimum Gasteiger partial charge on any atom is -0.497 e. The van der Waals surface area contributed by atoms with Gasteiger partial charge in [-0.3, -0.25) is 4.79 Å². The third-order valence-corrected chi connectivity index (χ3v) is 2.88. The second-order valence-electron chi connectivity index (χ2n) is 4.29. The van der Waals surface area contributed by atoms with Crippen LogP contribution in [-0.4, -0.2) is 12.9 Å². The Bertz CT molecular complexity index is 574. The Kier molecular flexibility index (Phi) is 4.95. The zero-order chi connectivity index (χ0) is 14.2. The SMILES string of the molecule is COc1ccc(C(=O)/C=C/NCc2ccccc2)cc1. The van der Waals surface area contributed by atoms with E-state index in [2.05, 4.69) is 5.32 Å². The zero-order valence-electron chi connectivity index (χ0n) is 11.4. The molecule has 0 spiro atoms. The van der Waals surface area contributed by atoms with Crippen LogP contribution in [0.25, 0.3) is 0 Å². The first-order valence-corrected chi connectivity index (χ1v) is 6.42. The Morgan fingerprint density at radius 2 is 1.80 bits per heavy atom. The fraction of sp³-hybridized carbons (Fsp3) is 0.118. The van der Waals surface area contributed by atoms with Crippen molar-refractivity contribution in [2.24, 2.45) is 0 Å². The normalized spacial score (nSPS) is 10.4. The summed E-state index contributed by atoms with van der Waals surface area (Å²) in [5.41, 5.74) is 1.82. The smallest absolute Gasteiger partial charge is 0.187 e. The van der Waals surface area contributed by atoms with E-state index < -0.39 is 0 Å². The Hall–Kier alpha value is -2.55. The molecule has 0 radical (unpaired) electrons. The first kappa shape index (κ1) is 13.9. The van der Waals surface area contributed by atoms with Crippen molar-refractivity contribution in [2.75, 3.05) is 7.11 Å². The molecule has 0 atom stereocenters. The van der Waals surface area contributed by atoms with Gasteiger partial charge < -0.3 is 10.1 Å². The van der Waals surface area contributed by atoms with Crippen LogP contribution in [0.4, 0.5) is 0 Å². The van der Waals surface area contributed by atoms with Gasteiger partial charge in [-0.25, -0.2) is 0 Å². The van der Waals surface area contributed by atoms with Crippen molar-refractivity contribution < 1.29 is 9.53 Å². The van der Waals surface area contributed by atoms with Crippen LogP contribution >= 0.6 is 0 Å². The fourth-order valence-corrected chi connectivity index (χ4v) is 1.76. The second-order valence-corrected chi connectivity index (χ2v) is 4.29. The molecule has 0 aliphatic heterocycles. The Balaban J connectivity index is 1.85. The number of ether oxygens (including phenoxy) is 1. The van der Waals surface area contributed by atoms with Gasteiger partial charge in [-0.05, 0) is 29.8 Å². The molecule has 0 bridgehead atoms. The highest BCUT2D eigenvalue weighted by Gasteiger charge is 2.01. The van der Waals surface area contributed by atoms with Crippen LogP contribution in [0.2, 0.25) is 0 Å². The molecule has 2 rings (SSSR count). The molecule has 0 aliphatic carbocycles. The molecular weight excluding hydrogens is 250 g/mol. The lowest BCUT2D eigenvalue weighted by Gasteiger charge is -2.01. The predicted molar refractivity (Wildman–Crippen MR) is 79.7 cm³/mol. The summed E-state index contributed by atoms with van der Waals surface area (Å²) in [6.07, 6.45) is 3.21. The average molecular weight is 267 g/mol. The molecular formula is C17H17NO2. The number of carbonyl (C=O) groups is 1. The number of nitrogens with one attached hydrogen (secondary N) is 1. The molecule has 2 aromatic rings. The number of allylic oxidation sites excluding steroid dienone is 1. The molecule has 0 heterocycles. The van der Waals surface area contributed by atoms with Crippen LogP contribution in [0.3, 0.4) is 0 Å². The lowest BCUT2D eigenvalue weighted by molar-refractivity contribution is 0.104. The third-order valence-electron chi connectivity index (χ3n) is 2.88. The van der Waals surface area contributed by atoms with Crippen molar-refractivity contribution in [1.82, 2.24) is 5.32 Å². The number of carbonyl (C=O) groups excluding carboxylic acids is 1. The van der Waals surface area contributed by atoms with Gasteiger partial charge in [-0.15, -0.1) is 0 Å². The maximum Gasteiger partial charge on any atom is 0.187 e. The fourth-order valence-electron chi connectivity index (χ4n) is 1.76. The summed E-state index contributed by atoms with van der Waals surface area (Å²) in [7, 11) is 1.60. The molecule has 0 saturated heterocycles.